The number of hydrogen-bond acceptors (Lipinski definition) is 4. The van der Waals surface area contributed by atoms with E-state index in [1.54, 1.807) is 19.1 Å². The molecule has 0 N–H and O–H groups in total. The normalized spacial score (nSPS) is 16.2. The Morgan fingerprint density at radius 1 is 1.41 bits per heavy atom. The maximum absolute atomic E-state index is 11.8. The molecule has 0 atom stereocenters. The van der Waals surface area contributed by atoms with Gasteiger partial charge in [0.25, 0.3) is 0 Å². The van der Waals surface area contributed by atoms with E-state index in [1.807, 2.05) is 0 Å². The summed E-state index contributed by atoms with van der Waals surface area (Å²) in [6, 6.07) is 4.69. The van der Waals surface area contributed by atoms with Crippen LogP contribution in [0.25, 0.3) is 5.57 Å². The summed E-state index contributed by atoms with van der Waals surface area (Å²) in [6.45, 7) is 1.88. The number of carbonyl (C=O) groups is 1. The lowest BCUT2D eigenvalue weighted by atomic mass is 10.1. The van der Waals surface area contributed by atoms with E-state index in [0.29, 0.717) is 10.0 Å². The SMILES string of the molecule is CCOC(=O)C1=CS(=O)(=O)c2ccc(Br)cc21. The first-order valence-electron chi connectivity index (χ1n) is 4.89. The molecule has 0 unspecified atom stereocenters. The van der Waals surface area contributed by atoms with Crippen molar-refractivity contribution in [3.05, 3.63) is 33.6 Å². The molecule has 4 nitrogen and oxygen atoms in total. The zero-order valence-electron chi connectivity index (χ0n) is 8.94. The Bertz CT molecular complexity index is 616. The van der Waals surface area contributed by atoms with Crippen molar-refractivity contribution in [2.75, 3.05) is 6.61 Å². The van der Waals surface area contributed by atoms with Gasteiger partial charge in [-0.25, -0.2) is 13.2 Å². The van der Waals surface area contributed by atoms with Gasteiger partial charge in [-0.15, -0.1) is 0 Å². The lowest BCUT2D eigenvalue weighted by Gasteiger charge is -2.04. The molecule has 1 aliphatic heterocycles. The second kappa shape index (κ2) is 4.27. The van der Waals surface area contributed by atoms with E-state index >= 15 is 0 Å². The standard InChI is InChI=1S/C11H9BrO4S/c1-2-16-11(13)9-6-17(14,15)10-4-3-7(12)5-8(9)10/h3-6H,2H2,1H3. The van der Waals surface area contributed by atoms with Crippen LogP contribution >= 0.6 is 15.9 Å². The molecule has 0 radical (unpaired) electrons. The molecule has 0 spiro atoms. The largest absolute Gasteiger partial charge is 0.462 e. The van der Waals surface area contributed by atoms with Crippen LogP contribution in [-0.4, -0.2) is 21.0 Å². The van der Waals surface area contributed by atoms with E-state index in [2.05, 4.69) is 15.9 Å². The first-order chi connectivity index (χ1) is 7.95. The van der Waals surface area contributed by atoms with Crippen LogP contribution < -0.4 is 0 Å². The fraction of sp³-hybridized carbons (Fsp3) is 0.182. The first-order valence-corrected chi connectivity index (χ1v) is 7.23. The van der Waals surface area contributed by atoms with Gasteiger partial charge < -0.3 is 4.74 Å². The maximum atomic E-state index is 11.8. The van der Waals surface area contributed by atoms with Gasteiger partial charge in [0.2, 0.25) is 9.84 Å². The zero-order chi connectivity index (χ0) is 12.6. The topological polar surface area (TPSA) is 60.4 Å². The molecule has 0 aromatic heterocycles. The van der Waals surface area contributed by atoms with E-state index in [0.717, 1.165) is 5.41 Å². The monoisotopic (exact) mass is 316 g/mol. The molecule has 1 heterocycles. The molecule has 1 aromatic rings. The minimum absolute atomic E-state index is 0.0863. The van der Waals surface area contributed by atoms with Crippen molar-refractivity contribution in [2.45, 2.75) is 11.8 Å². The summed E-state index contributed by atoms with van der Waals surface area (Å²) < 4.78 is 29.1. The van der Waals surface area contributed by atoms with Crippen molar-refractivity contribution < 1.29 is 17.9 Å². The Labute approximate surface area is 107 Å². The number of hydrogen-bond donors (Lipinski definition) is 0. The lowest BCUT2D eigenvalue weighted by Crippen LogP contribution is -2.05. The van der Waals surface area contributed by atoms with Gasteiger partial charge in [-0.05, 0) is 25.1 Å². The van der Waals surface area contributed by atoms with Crippen molar-refractivity contribution in [1.82, 2.24) is 0 Å². The molecule has 0 bridgehead atoms. The molecule has 2 rings (SSSR count). The predicted octanol–water partition coefficient (Wildman–Crippen LogP) is 2.14. The summed E-state index contributed by atoms with van der Waals surface area (Å²) in [5, 5.41) is 0.960. The molecule has 0 saturated carbocycles. The quantitative estimate of drug-likeness (QED) is 0.784. The molecule has 1 aromatic carbocycles. The summed E-state index contributed by atoms with van der Waals surface area (Å²) in [6.07, 6.45) is 0. The van der Waals surface area contributed by atoms with Gasteiger partial charge in [-0.1, -0.05) is 15.9 Å². The van der Waals surface area contributed by atoms with Gasteiger partial charge in [0.1, 0.15) is 0 Å². The number of carbonyl (C=O) groups excluding carboxylic acids is 1. The van der Waals surface area contributed by atoms with E-state index in [1.165, 1.54) is 6.07 Å². The van der Waals surface area contributed by atoms with Gasteiger partial charge in [0, 0.05) is 10.0 Å². The number of halogens is 1. The fourth-order valence-electron chi connectivity index (χ4n) is 1.61. The number of rotatable bonds is 2. The van der Waals surface area contributed by atoms with Crippen LogP contribution in [0.15, 0.2) is 33.0 Å². The first kappa shape index (κ1) is 12.3. The van der Waals surface area contributed by atoms with E-state index in [4.69, 9.17) is 4.74 Å². The maximum Gasteiger partial charge on any atom is 0.339 e. The summed E-state index contributed by atoms with van der Waals surface area (Å²) in [5.41, 5.74) is 0.473. The average Bonchev–Trinajstić information content (AvgIpc) is 2.51. The molecule has 90 valence electrons. The third kappa shape index (κ3) is 2.14. The average molecular weight is 317 g/mol. The van der Waals surface area contributed by atoms with Crippen molar-refractivity contribution in [1.29, 1.82) is 0 Å². The Balaban J connectivity index is 2.59. The lowest BCUT2D eigenvalue weighted by molar-refractivity contribution is -0.136. The van der Waals surface area contributed by atoms with Crippen LogP contribution in [0, 0.1) is 0 Å². The van der Waals surface area contributed by atoms with Gasteiger partial charge >= 0.3 is 5.97 Å². The number of ether oxygens (including phenoxy) is 1. The van der Waals surface area contributed by atoms with Gasteiger partial charge in [0.15, 0.2) is 0 Å². The summed E-state index contributed by atoms with van der Waals surface area (Å²) in [4.78, 5) is 11.8. The highest BCUT2D eigenvalue weighted by atomic mass is 79.9. The van der Waals surface area contributed by atoms with Crippen molar-refractivity contribution in [3.63, 3.8) is 0 Å². The number of fused-ring (bicyclic) bond motifs is 1. The number of esters is 1. The molecule has 0 saturated heterocycles. The van der Waals surface area contributed by atoms with Crippen molar-refractivity contribution >= 4 is 37.3 Å². The van der Waals surface area contributed by atoms with E-state index in [-0.39, 0.29) is 17.1 Å². The van der Waals surface area contributed by atoms with Crippen LogP contribution in [0.4, 0.5) is 0 Å². The molecule has 0 aliphatic carbocycles. The Kier molecular flexibility index (Phi) is 3.09. The molecular weight excluding hydrogens is 308 g/mol. The minimum Gasteiger partial charge on any atom is -0.462 e. The van der Waals surface area contributed by atoms with Crippen LogP contribution in [-0.2, 0) is 19.4 Å². The minimum atomic E-state index is -3.52. The Morgan fingerprint density at radius 3 is 2.76 bits per heavy atom. The molecule has 1 aliphatic rings. The van der Waals surface area contributed by atoms with Crippen LogP contribution in [0.1, 0.15) is 12.5 Å². The smallest absolute Gasteiger partial charge is 0.339 e. The highest BCUT2D eigenvalue weighted by molar-refractivity contribution is 9.10. The molecule has 17 heavy (non-hydrogen) atoms. The zero-order valence-corrected chi connectivity index (χ0v) is 11.3. The third-order valence-electron chi connectivity index (χ3n) is 2.31. The molecular formula is C11H9BrO4S. The van der Waals surface area contributed by atoms with Crippen molar-refractivity contribution in [3.8, 4) is 0 Å². The number of sulfone groups is 1. The van der Waals surface area contributed by atoms with Gasteiger partial charge in [-0.2, -0.15) is 0 Å². The number of benzene rings is 1. The Hall–Kier alpha value is -1.14. The van der Waals surface area contributed by atoms with Crippen LogP contribution in [0.3, 0.4) is 0 Å². The van der Waals surface area contributed by atoms with Gasteiger partial charge in [0.05, 0.1) is 22.5 Å². The molecule has 0 amide bonds. The Morgan fingerprint density at radius 2 is 2.12 bits per heavy atom. The highest BCUT2D eigenvalue weighted by Gasteiger charge is 2.31. The molecule has 0 fully saturated rings. The summed E-state index contributed by atoms with van der Waals surface area (Å²) in [5.74, 6) is -0.618. The molecule has 6 heteroatoms. The van der Waals surface area contributed by atoms with E-state index < -0.39 is 15.8 Å². The second-order valence-electron chi connectivity index (χ2n) is 3.44. The van der Waals surface area contributed by atoms with Crippen molar-refractivity contribution in [2.24, 2.45) is 0 Å². The summed E-state index contributed by atoms with van der Waals surface area (Å²) >= 11 is 3.24. The fourth-order valence-corrected chi connectivity index (χ4v) is 3.36. The predicted molar refractivity (Wildman–Crippen MR) is 65.9 cm³/mol. The van der Waals surface area contributed by atoms with Gasteiger partial charge in [-0.3, -0.25) is 0 Å². The summed E-state index contributed by atoms with van der Waals surface area (Å²) in [7, 11) is -3.52. The van der Waals surface area contributed by atoms with E-state index in [9.17, 15) is 13.2 Å². The van der Waals surface area contributed by atoms with Crippen LogP contribution in [0.2, 0.25) is 0 Å². The second-order valence-corrected chi connectivity index (χ2v) is 6.12. The van der Waals surface area contributed by atoms with Crippen LogP contribution in [0.5, 0.6) is 0 Å². The highest BCUT2D eigenvalue weighted by Crippen LogP contribution is 2.35. The third-order valence-corrected chi connectivity index (χ3v) is 4.31.